The van der Waals surface area contributed by atoms with Gasteiger partial charge in [-0.3, -0.25) is 0 Å². The minimum absolute atomic E-state index is 0.283. The fourth-order valence-corrected chi connectivity index (χ4v) is 2.15. The molecule has 1 unspecified atom stereocenters. The Morgan fingerprint density at radius 2 is 2.38 bits per heavy atom. The highest BCUT2D eigenvalue weighted by Crippen LogP contribution is 2.30. The van der Waals surface area contributed by atoms with Crippen LogP contribution < -0.4 is 10.1 Å². The molecule has 0 bridgehead atoms. The SMILES string of the molecule is COc1ccc(O)c(F)c1CC1CCCN1. The van der Waals surface area contributed by atoms with Gasteiger partial charge in [0.2, 0.25) is 0 Å². The molecule has 0 spiro atoms. The molecule has 0 amide bonds. The largest absolute Gasteiger partial charge is 0.505 e. The average Bonchev–Trinajstić information content (AvgIpc) is 2.78. The molecule has 0 aliphatic carbocycles. The van der Waals surface area contributed by atoms with Crippen molar-refractivity contribution in [2.75, 3.05) is 13.7 Å². The molecule has 2 N–H and O–H groups in total. The Morgan fingerprint density at radius 1 is 1.56 bits per heavy atom. The number of methoxy groups -OCH3 is 1. The Bertz CT molecular complexity index is 376. The van der Waals surface area contributed by atoms with E-state index < -0.39 is 5.82 Å². The van der Waals surface area contributed by atoms with Crippen LogP contribution in [0.15, 0.2) is 12.1 Å². The van der Waals surface area contributed by atoms with E-state index in [1.54, 1.807) is 6.07 Å². The number of phenols is 1. The molecule has 1 aromatic rings. The first-order valence-corrected chi connectivity index (χ1v) is 5.50. The Kier molecular flexibility index (Phi) is 3.29. The van der Waals surface area contributed by atoms with E-state index in [0.29, 0.717) is 17.7 Å². The predicted molar refractivity (Wildman–Crippen MR) is 59.3 cm³/mol. The van der Waals surface area contributed by atoms with Crippen LogP contribution in [-0.4, -0.2) is 24.8 Å². The van der Waals surface area contributed by atoms with Gasteiger partial charge in [0.15, 0.2) is 11.6 Å². The molecule has 1 aliphatic heterocycles. The normalized spacial score (nSPS) is 20.0. The van der Waals surface area contributed by atoms with Crippen LogP contribution in [0, 0.1) is 5.82 Å². The molecule has 1 aromatic carbocycles. The number of nitrogens with one attached hydrogen (secondary N) is 1. The highest BCUT2D eigenvalue weighted by molar-refractivity contribution is 5.42. The van der Waals surface area contributed by atoms with Crippen LogP contribution in [0.2, 0.25) is 0 Å². The van der Waals surface area contributed by atoms with Crippen molar-refractivity contribution in [2.45, 2.75) is 25.3 Å². The van der Waals surface area contributed by atoms with E-state index in [0.717, 1.165) is 19.4 Å². The maximum atomic E-state index is 13.7. The number of phenolic OH excluding ortho intramolecular Hbond substituents is 1. The third-order valence-electron chi connectivity index (χ3n) is 3.01. The van der Waals surface area contributed by atoms with Crippen molar-refractivity contribution < 1.29 is 14.2 Å². The van der Waals surface area contributed by atoms with Gasteiger partial charge in [0, 0.05) is 11.6 Å². The third-order valence-corrected chi connectivity index (χ3v) is 3.01. The predicted octanol–water partition coefficient (Wildman–Crippen LogP) is 1.83. The molecular formula is C12H16FNO2. The quantitative estimate of drug-likeness (QED) is 0.824. The summed E-state index contributed by atoms with van der Waals surface area (Å²) in [4.78, 5) is 0. The molecule has 1 aliphatic rings. The van der Waals surface area contributed by atoms with E-state index in [1.165, 1.54) is 13.2 Å². The summed E-state index contributed by atoms with van der Waals surface area (Å²) < 4.78 is 18.9. The lowest BCUT2D eigenvalue weighted by molar-refractivity contribution is 0.386. The lowest BCUT2D eigenvalue weighted by Gasteiger charge is -2.14. The highest BCUT2D eigenvalue weighted by atomic mass is 19.1. The molecule has 1 heterocycles. The van der Waals surface area contributed by atoms with Gasteiger partial charge in [-0.25, -0.2) is 4.39 Å². The van der Waals surface area contributed by atoms with Crippen molar-refractivity contribution in [3.05, 3.63) is 23.5 Å². The van der Waals surface area contributed by atoms with E-state index in [4.69, 9.17) is 4.74 Å². The lowest BCUT2D eigenvalue weighted by atomic mass is 10.0. The molecule has 4 heteroatoms. The monoisotopic (exact) mass is 225 g/mol. The van der Waals surface area contributed by atoms with Gasteiger partial charge in [0.05, 0.1) is 7.11 Å². The van der Waals surface area contributed by atoms with Crippen molar-refractivity contribution in [3.63, 3.8) is 0 Å². The number of halogens is 1. The molecule has 16 heavy (non-hydrogen) atoms. The number of benzene rings is 1. The number of aromatic hydroxyl groups is 1. The summed E-state index contributed by atoms with van der Waals surface area (Å²) in [5.41, 5.74) is 0.460. The Balaban J connectivity index is 2.25. The van der Waals surface area contributed by atoms with Crippen molar-refractivity contribution >= 4 is 0 Å². The summed E-state index contributed by atoms with van der Waals surface area (Å²) in [6, 6.07) is 3.20. The van der Waals surface area contributed by atoms with E-state index in [-0.39, 0.29) is 11.8 Å². The molecule has 88 valence electrons. The Hall–Kier alpha value is -1.29. The van der Waals surface area contributed by atoms with Gasteiger partial charge in [-0.05, 0) is 37.9 Å². The first-order chi connectivity index (χ1) is 7.72. The summed E-state index contributed by atoms with van der Waals surface area (Å²) in [6.45, 7) is 0.980. The second-order valence-electron chi connectivity index (χ2n) is 4.08. The zero-order chi connectivity index (χ0) is 11.5. The van der Waals surface area contributed by atoms with Gasteiger partial charge in [-0.15, -0.1) is 0 Å². The Labute approximate surface area is 94.2 Å². The fraction of sp³-hybridized carbons (Fsp3) is 0.500. The standard InChI is InChI=1S/C12H16FNO2/c1-16-11-5-4-10(15)12(13)9(11)7-8-3-2-6-14-8/h4-5,8,14-15H,2-3,6-7H2,1H3. The molecule has 1 fully saturated rings. The van der Waals surface area contributed by atoms with Crippen molar-refractivity contribution in [2.24, 2.45) is 0 Å². The van der Waals surface area contributed by atoms with Gasteiger partial charge in [0.25, 0.3) is 0 Å². The molecule has 1 saturated heterocycles. The number of hydrogen-bond donors (Lipinski definition) is 2. The first kappa shape index (κ1) is 11.2. The van der Waals surface area contributed by atoms with E-state index >= 15 is 0 Å². The highest BCUT2D eigenvalue weighted by Gasteiger charge is 2.20. The Morgan fingerprint density at radius 3 is 3.00 bits per heavy atom. The minimum Gasteiger partial charge on any atom is -0.505 e. The third kappa shape index (κ3) is 2.11. The van der Waals surface area contributed by atoms with Gasteiger partial charge in [-0.2, -0.15) is 0 Å². The van der Waals surface area contributed by atoms with Crippen molar-refractivity contribution in [1.29, 1.82) is 0 Å². The summed E-state index contributed by atoms with van der Waals surface area (Å²) >= 11 is 0. The average molecular weight is 225 g/mol. The zero-order valence-corrected chi connectivity index (χ0v) is 9.29. The van der Waals surface area contributed by atoms with Crippen LogP contribution >= 0.6 is 0 Å². The second kappa shape index (κ2) is 4.70. The van der Waals surface area contributed by atoms with Crippen molar-refractivity contribution in [3.8, 4) is 11.5 Å². The second-order valence-corrected chi connectivity index (χ2v) is 4.08. The minimum atomic E-state index is -0.562. The van der Waals surface area contributed by atoms with E-state index in [1.807, 2.05) is 0 Å². The van der Waals surface area contributed by atoms with Crippen LogP contribution in [0.1, 0.15) is 18.4 Å². The van der Waals surface area contributed by atoms with Gasteiger partial charge < -0.3 is 15.2 Å². The number of rotatable bonds is 3. The summed E-state index contributed by atoms with van der Waals surface area (Å²) in [7, 11) is 1.51. The maximum absolute atomic E-state index is 13.7. The maximum Gasteiger partial charge on any atom is 0.171 e. The van der Waals surface area contributed by atoms with E-state index in [9.17, 15) is 9.50 Å². The molecule has 3 nitrogen and oxygen atoms in total. The molecule has 0 radical (unpaired) electrons. The van der Waals surface area contributed by atoms with Crippen LogP contribution in [0.5, 0.6) is 11.5 Å². The number of ether oxygens (including phenoxy) is 1. The molecule has 0 saturated carbocycles. The first-order valence-electron chi connectivity index (χ1n) is 5.50. The summed E-state index contributed by atoms with van der Waals surface area (Å²) in [5, 5.41) is 12.6. The lowest BCUT2D eigenvalue weighted by Crippen LogP contribution is -2.24. The molecule has 2 rings (SSSR count). The topological polar surface area (TPSA) is 41.5 Å². The summed E-state index contributed by atoms with van der Waals surface area (Å²) in [5.74, 6) is -0.370. The zero-order valence-electron chi connectivity index (χ0n) is 9.29. The van der Waals surface area contributed by atoms with Crippen LogP contribution in [-0.2, 0) is 6.42 Å². The van der Waals surface area contributed by atoms with Crippen LogP contribution in [0.4, 0.5) is 4.39 Å². The van der Waals surface area contributed by atoms with Gasteiger partial charge in [-0.1, -0.05) is 0 Å². The number of hydrogen-bond acceptors (Lipinski definition) is 3. The molecule has 0 aromatic heterocycles. The van der Waals surface area contributed by atoms with E-state index in [2.05, 4.69) is 5.32 Å². The molecular weight excluding hydrogens is 209 g/mol. The van der Waals surface area contributed by atoms with Gasteiger partial charge in [0.1, 0.15) is 5.75 Å². The van der Waals surface area contributed by atoms with Crippen molar-refractivity contribution in [1.82, 2.24) is 5.32 Å². The van der Waals surface area contributed by atoms with Crippen LogP contribution in [0.3, 0.4) is 0 Å². The van der Waals surface area contributed by atoms with Crippen LogP contribution in [0.25, 0.3) is 0 Å². The smallest absolute Gasteiger partial charge is 0.171 e. The molecule has 1 atom stereocenters. The van der Waals surface area contributed by atoms with Gasteiger partial charge >= 0.3 is 0 Å². The summed E-state index contributed by atoms with van der Waals surface area (Å²) in [6.07, 6.45) is 2.72. The fourth-order valence-electron chi connectivity index (χ4n) is 2.15.